The lowest BCUT2D eigenvalue weighted by molar-refractivity contribution is -0.157. The molecule has 0 bridgehead atoms. The van der Waals surface area contributed by atoms with E-state index in [0.29, 0.717) is 0 Å². The normalized spacial score (nSPS) is 11.4. The number of carbonyl (C=O) groups is 7. The maximum absolute atomic E-state index is 12.9. The van der Waals surface area contributed by atoms with Crippen LogP contribution in [0.3, 0.4) is 0 Å². The quantitative estimate of drug-likeness (QED) is 0.0631. The van der Waals surface area contributed by atoms with E-state index in [-0.39, 0.29) is 32.0 Å². The molecule has 322 valence electrons. The highest BCUT2D eigenvalue weighted by Gasteiger charge is 2.30. The van der Waals surface area contributed by atoms with Crippen LogP contribution in [0.15, 0.2) is 12.1 Å². The summed E-state index contributed by atoms with van der Waals surface area (Å²) < 4.78 is 63.3. The van der Waals surface area contributed by atoms with Crippen LogP contribution in [-0.2, 0) is 52.2 Å². The summed E-state index contributed by atoms with van der Waals surface area (Å²) in [4.78, 5) is 86.0. The van der Waals surface area contributed by atoms with Crippen LogP contribution in [0.4, 0.5) is 24.0 Å². The van der Waals surface area contributed by atoms with Gasteiger partial charge in [-0.1, -0.05) is 0 Å². The molecule has 0 saturated carbocycles. The Labute approximate surface area is 330 Å². The van der Waals surface area contributed by atoms with Crippen LogP contribution >= 0.6 is 0 Å². The third kappa shape index (κ3) is 23.2. The van der Waals surface area contributed by atoms with Gasteiger partial charge < -0.3 is 67.5 Å². The minimum absolute atomic E-state index is 0.0674. The molecule has 21 heteroatoms. The van der Waals surface area contributed by atoms with Crippen LogP contribution in [0.25, 0.3) is 0 Å². The van der Waals surface area contributed by atoms with Gasteiger partial charge in [-0.3, -0.25) is 9.59 Å². The number of carbonyl (C=O) groups excluding carboxylic acids is 7. The van der Waals surface area contributed by atoms with Gasteiger partial charge in [-0.25, -0.2) is 24.0 Å². The minimum atomic E-state index is -1.51. The first-order chi connectivity index (χ1) is 26.4. The molecule has 1 aromatic carbocycles. The predicted octanol–water partition coefficient (Wildman–Crippen LogP) is 5.24. The largest absolute Gasteiger partial charge is 0.514 e. The Hall–Kier alpha value is -5.57. The Kier molecular flexibility index (Phi) is 20.4. The maximum atomic E-state index is 12.9. The predicted molar refractivity (Wildman–Crippen MR) is 194 cm³/mol. The fraction of sp³-hybridized carbons (Fsp3) is 0.639. The number of alkyl carbamates (subject to hydrolysis) is 2. The molecule has 2 amide bonds. The lowest BCUT2D eigenvalue weighted by Gasteiger charge is -2.24. The van der Waals surface area contributed by atoms with Crippen molar-refractivity contribution in [2.24, 2.45) is 0 Å². The van der Waals surface area contributed by atoms with Crippen molar-refractivity contribution in [1.82, 2.24) is 10.6 Å². The van der Waals surface area contributed by atoms with E-state index in [1.807, 2.05) is 0 Å². The second-order valence-corrected chi connectivity index (χ2v) is 14.2. The molecule has 0 spiro atoms. The van der Waals surface area contributed by atoms with Gasteiger partial charge in [0.25, 0.3) is 0 Å². The average molecular weight is 819 g/mol. The van der Waals surface area contributed by atoms with E-state index in [1.54, 1.807) is 76.2 Å². The molecule has 0 unspecified atom stereocenters. The molecular formula is C36H54N2O19. The second-order valence-electron chi connectivity index (χ2n) is 14.2. The summed E-state index contributed by atoms with van der Waals surface area (Å²) in [6.45, 7) is 15.0. The highest BCUT2D eigenvalue weighted by molar-refractivity contribution is 5.78. The molecule has 1 aromatic rings. The number of ether oxygens (including phenoxy) is 12. The molecule has 0 atom stereocenters. The van der Waals surface area contributed by atoms with E-state index in [1.165, 1.54) is 0 Å². The van der Waals surface area contributed by atoms with Crippen molar-refractivity contribution >= 4 is 42.6 Å². The molecule has 1 rings (SSSR count). The zero-order valence-electron chi connectivity index (χ0n) is 34.1. The zero-order chi connectivity index (χ0) is 43.4. The van der Waals surface area contributed by atoms with Gasteiger partial charge in [-0.2, -0.15) is 0 Å². The molecule has 0 aromatic heterocycles. The van der Waals surface area contributed by atoms with E-state index >= 15 is 0 Å². The number of hydrogen-bond acceptors (Lipinski definition) is 19. The van der Waals surface area contributed by atoms with Gasteiger partial charge in [-0.15, -0.1) is 0 Å². The highest BCUT2D eigenvalue weighted by Crippen LogP contribution is 2.42. The summed E-state index contributed by atoms with van der Waals surface area (Å²) >= 11 is 0. The van der Waals surface area contributed by atoms with E-state index in [4.69, 9.17) is 56.8 Å². The molecule has 0 radical (unpaired) electrons. The van der Waals surface area contributed by atoms with Crippen LogP contribution < -0.4 is 24.8 Å². The summed E-state index contributed by atoms with van der Waals surface area (Å²) in [5.74, 6) is -3.10. The lowest BCUT2D eigenvalue weighted by atomic mass is 10.1. The Morgan fingerprint density at radius 3 is 1.21 bits per heavy atom. The minimum Gasteiger partial charge on any atom is -0.465 e. The fourth-order valence-electron chi connectivity index (χ4n) is 3.69. The van der Waals surface area contributed by atoms with Gasteiger partial charge in [0.1, 0.15) is 43.1 Å². The van der Waals surface area contributed by atoms with Gasteiger partial charge in [0, 0.05) is 5.56 Å². The number of hydrogen-bond donors (Lipinski definition) is 2. The third-order valence-electron chi connectivity index (χ3n) is 5.59. The van der Waals surface area contributed by atoms with Gasteiger partial charge >= 0.3 is 42.6 Å². The third-order valence-corrected chi connectivity index (χ3v) is 5.59. The number of amides is 2. The van der Waals surface area contributed by atoms with Crippen LogP contribution in [0.5, 0.6) is 17.2 Å². The number of benzene rings is 1. The van der Waals surface area contributed by atoms with E-state index < -0.39 is 109 Å². The standard InChI is InChI=1S/C36H54N2O19/c1-12-46-25(39)20-37-29(41)50-16-14-48-28(49-15-17-51-30(42)38-21-26(40)47-13-2)22-18-23(52-31(43)55-34(3,4)5)27(54-33(45)57-36(9,10)11)24(19-22)53-32(44)56-35(6,7)8/h18-19,28H,12-17,20-21H2,1-11H3,(H,37,41)(H,38,42). The first-order valence-corrected chi connectivity index (χ1v) is 17.7. The van der Waals surface area contributed by atoms with Crippen molar-refractivity contribution in [1.29, 1.82) is 0 Å². The number of rotatable bonds is 18. The molecular weight excluding hydrogens is 764 g/mol. The number of nitrogens with one attached hydrogen (secondary N) is 2. The van der Waals surface area contributed by atoms with Crippen LogP contribution in [0.1, 0.15) is 88.0 Å². The molecule has 21 nitrogen and oxygen atoms in total. The topological polar surface area (TPSA) is 254 Å². The van der Waals surface area contributed by atoms with Crippen molar-refractivity contribution in [3.05, 3.63) is 17.7 Å². The van der Waals surface area contributed by atoms with E-state index in [2.05, 4.69) is 10.6 Å². The van der Waals surface area contributed by atoms with Gasteiger partial charge in [0.15, 0.2) is 17.8 Å². The Bertz CT molecular complexity index is 1430. The summed E-state index contributed by atoms with van der Waals surface area (Å²) in [6, 6.07) is 2.24. The summed E-state index contributed by atoms with van der Waals surface area (Å²) in [7, 11) is 0. The van der Waals surface area contributed by atoms with Crippen molar-refractivity contribution in [3.8, 4) is 17.2 Å². The van der Waals surface area contributed by atoms with Crippen molar-refractivity contribution in [2.75, 3.05) is 52.7 Å². The fourth-order valence-corrected chi connectivity index (χ4v) is 3.69. The molecule has 57 heavy (non-hydrogen) atoms. The zero-order valence-corrected chi connectivity index (χ0v) is 34.1. The molecule has 0 saturated heterocycles. The second kappa shape index (κ2) is 23.5. The van der Waals surface area contributed by atoms with Gasteiger partial charge in [0.2, 0.25) is 5.75 Å². The van der Waals surface area contributed by atoms with Gasteiger partial charge in [-0.05, 0) is 88.3 Å². The molecule has 0 aliphatic rings. The van der Waals surface area contributed by atoms with Crippen molar-refractivity contribution < 1.29 is 90.4 Å². The highest BCUT2D eigenvalue weighted by atomic mass is 16.8. The Morgan fingerprint density at radius 1 is 0.526 bits per heavy atom. The van der Waals surface area contributed by atoms with Crippen LogP contribution in [0.2, 0.25) is 0 Å². The number of esters is 2. The van der Waals surface area contributed by atoms with Crippen molar-refractivity contribution in [2.45, 2.75) is 99.3 Å². The van der Waals surface area contributed by atoms with Gasteiger partial charge in [0.05, 0.1) is 26.4 Å². The Morgan fingerprint density at radius 2 is 0.877 bits per heavy atom. The monoisotopic (exact) mass is 818 g/mol. The van der Waals surface area contributed by atoms with Crippen LogP contribution in [-0.4, -0.2) is 112 Å². The van der Waals surface area contributed by atoms with E-state index in [0.717, 1.165) is 12.1 Å². The molecule has 0 fully saturated rings. The lowest BCUT2D eigenvalue weighted by Crippen LogP contribution is -2.32. The maximum Gasteiger partial charge on any atom is 0.514 e. The molecule has 0 aliphatic heterocycles. The smallest absolute Gasteiger partial charge is 0.465 e. The summed E-state index contributed by atoms with van der Waals surface area (Å²) in [5, 5.41) is 4.41. The average Bonchev–Trinajstić information content (AvgIpc) is 3.04. The summed E-state index contributed by atoms with van der Waals surface area (Å²) in [5.41, 5.74) is -3.20. The van der Waals surface area contributed by atoms with E-state index in [9.17, 15) is 33.6 Å². The Balaban J connectivity index is 3.60. The molecule has 2 N–H and O–H groups in total. The van der Waals surface area contributed by atoms with Crippen molar-refractivity contribution in [3.63, 3.8) is 0 Å². The molecule has 0 heterocycles. The first kappa shape index (κ1) is 49.4. The first-order valence-electron chi connectivity index (χ1n) is 17.7. The summed E-state index contributed by atoms with van der Waals surface area (Å²) in [6.07, 6.45) is -7.27. The SMILES string of the molecule is CCOC(=O)CNC(=O)OCCOC(OCCOC(=O)NCC(=O)OCC)c1cc(OC(=O)OC(C)(C)C)c(OC(=O)OC(C)(C)C)c(OC(=O)OC(C)(C)C)c1. The molecule has 0 aliphatic carbocycles. The van der Waals surface area contributed by atoms with Crippen LogP contribution in [0, 0.1) is 0 Å².